The fourth-order valence-corrected chi connectivity index (χ4v) is 1.08. The SMILES string of the molecule is CNc1ncnc(OCCC(F)(F)F)c1[N+](=O)[O-]. The lowest BCUT2D eigenvalue weighted by atomic mass is 10.4. The van der Waals surface area contributed by atoms with Crippen LogP contribution < -0.4 is 10.1 Å². The number of alkyl halides is 3. The number of hydrogen-bond acceptors (Lipinski definition) is 6. The molecule has 1 rings (SSSR count). The van der Waals surface area contributed by atoms with Gasteiger partial charge in [-0.2, -0.15) is 18.2 Å². The molecule has 1 aromatic rings. The van der Waals surface area contributed by atoms with E-state index >= 15 is 0 Å². The molecule has 7 nitrogen and oxygen atoms in total. The van der Waals surface area contributed by atoms with Gasteiger partial charge in [-0.3, -0.25) is 10.1 Å². The molecular weight excluding hydrogens is 257 g/mol. The topological polar surface area (TPSA) is 90.2 Å². The summed E-state index contributed by atoms with van der Waals surface area (Å²) in [6.07, 6.45) is -4.65. The standard InChI is InChI=1S/C8H9F3N4O3/c1-12-6-5(15(16)17)7(14-4-13-6)18-3-2-8(9,10)11/h4H,2-3H2,1H3,(H,12,13,14). The van der Waals surface area contributed by atoms with Gasteiger partial charge >= 0.3 is 11.9 Å². The second-order valence-electron chi connectivity index (χ2n) is 3.10. The molecule has 0 amide bonds. The molecule has 1 heterocycles. The number of halogens is 3. The zero-order valence-corrected chi connectivity index (χ0v) is 9.19. The molecule has 10 heteroatoms. The average molecular weight is 266 g/mol. The van der Waals surface area contributed by atoms with Crippen molar-refractivity contribution in [2.75, 3.05) is 19.0 Å². The van der Waals surface area contributed by atoms with Crippen LogP contribution in [0.1, 0.15) is 6.42 Å². The van der Waals surface area contributed by atoms with Gasteiger partial charge < -0.3 is 10.1 Å². The van der Waals surface area contributed by atoms with Gasteiger partial charge in [-0.1, -0.05) is 0 Å². The molecule has 0 fully saturated rings. The summed E-state index contributed by atoms with van der Waals surface area (Å²) in [6.45, 7) is -0.746. The summed E-state index contributed by atoms with van der Waals surface area (Å²) >= 11 is 0. The van der Waals surface area contributed by atoms with Crippen molar-refractivity contribution in [2.45, 2.75) is 12.6 Å². The van der Waals surface area contributed by atoms with E-state index in [4.69, 9.17) is 0 Å². The van der Waals surface area contributed by atoms with Crippen molar-refractivity contribution in [1.29, 1.82) is 0 Å². The van der Waals surface area contributed by atoms with Crippen molar-refractivity contribution in [1.82, 2.24) is 9.97 Å². The van der Waals surface area contributed by atoms with Gasteiger partial charge in [0.25, 0.3) is 5.88 Å². The summed E-state index contributed by atoms with van der Waals surface area (Å²) < 4.78 is 40.4. The van der Waals surface area contributed by atoms with E-state index in [2.05, 4.69) is 20.0 Å². The minimum atomic E-state index is -4.40. The number of rotatable bonds is 5. The van der Waals surface area contributed by atoms with Gasteiger partial charge in [0, 0.05) is 7.05 Å². The Labute approximate surface area is 99.1 Å². The van der Waals surface area contributed by atoms with E-state index in [0.717, 1.165) is 6.33 Å². The second kappa shape index (κ2) is 5.47. The first-order chi connectivity index (χ1) is 8.35. The first-order valence-corrected chi connectivity index (χ1v) is 4.72. The zero-order chi connectivity index (χ0) is 13.8. The van der Waals surface area contributed by atoms with Crippen LogP contribution in [0.3, 0.4) is 0 Å². The molecule has 0 aliphatic heterocycles. The van der Waals surface area contributed by atoms with Crippen LogP contribution in [-0.4, -0.2) is 34.7 Å². The molecule has 0 aliphatic rings. The summed E-state index contributed by atoms with van der Waals surface area (Å²) in [4.78, 5) is 16.9. The molecule has 0 saturated carbocycles. The van der Waals surface area contributed by atoms with E-state index in [-0.39, 0.29) is 5.82 Å². The quantitative estimate of drug-likeness (QED) is 0.645. The Morgan fingerprint density at radius 3 is 2.67 bits per heavy atom. The minimum absolute atomic E-state index is 0.128. The normalized spacial score (nSPS) is 11.1. The lowest BCUT2D eigenvalue weighted by molar-refractivity contribution is -0.385. The first-order valence-electron chi connectivity index (χ1n) is 4.72. The largest absolute Gasteiger partial charge is 0.472 e. The predicted octanol–water partition coefficient (Wildman–Crippen LogP) is 1.76. The first kappa shape index (κ1) is 13.9. The molecule has 0 radical (unpaired) electrons. The minimum Gasteiger partial charge on any atom is -0.472 e. The third-order valence-corrected chi connectivity index (χ3v) is 1.83. The van der Waals surface area contributed by atoms with Crippen molar-refractivity contribution in [2.24, 2.45) is 0 Å². The van der Waals surface area contributed by atoms with Crippen LogP contribution >= 0.6 is 0 Å². The number of nitrogens with zero attached hydrogens (tertiary/aromatic N) is 3. The van der Waals surface area contributed by atoms with E-state index in [1.165, 1.54) is 7.05 Å². The second-order valence-corrected chi connectivity index (χ2v) is 3.10. The molecule has 0 spiro atoms. The Morgan fingerprint density at radius 2 is 2.17 bits per heavy atom. The summed E-state index contributed by atoms with van der Waals surface area (Å²) in [6, 6.07) is 0. The molecule has 0 bridgehead atoms. The molecule has 0 saturated heterocycles. The Hall–Kier alpha value is -2.13. The number of aromatic nitrogens is 2. The number of ether oxygens (including phenoxy) is 1. The van der Waals surface area contributed by atoms with E-state index in [1.807, 2.05) is 0 Å². The summed E-state index contributed by atoms with van der Waals surface area (Å²) in [7, 11) is 1.38. The highest BCUT2D eigenvalue weighted by Gasteiger charge is 2.29. The van der Waals surface area contributed by atoms with E-state index in [1.54, 1.807) is 0 Å². The van der Waals surface area contributed by atoms with Gasteiger partial charge in [-0.25, -0.2) is 4.98 Å². The molecular formula is C8H9F3N4O3. The van der Waals surface area contributed by atoms with Crippen LogP contribution in [0, 0.1) is 10.1 Å². The van der Waals surface area contributed by atoms with Crippen LogP contribution in [0.15, 0.2) is 6.33 Å². The monoisotopic (exact) mass is 266 g/mol. The maximum atomic E-state index is 11.9. The summed E-state index contributed by atoms with van der Waals surface area (Å²) in [5.74, 6) is -0.624. The van der Waals surface area contributed by atoms with Crippen LogP contribution in [0.5, 0.6) is 5.88 Å². The number of hydrogen-bond donors (Lipinski definition) is 1. The third kappa shape index (κ3) is 3.71. The highest BCUT2D eigenvalue weighted by molar-refractivity contribution is 5.60. The van der Waals surface area contributed by atoms with Crippen LogP contribution in [0.25, 0.3) is 0 Å². The fraction of sp³-hybridized carbons (Fsp3) is 0.500. The molecule has 0 aromatic carbocycles. The smallest absolute Gasteiger partial charge is 0.392 e. The summed E-state index contributed by atoms with van der Waals surface area (Å²) in [5.41, 5.74) is -0.595. The predicted molar refractivity (Wildman–Crippen MR) is 54.4 cm³/mol. The van der Waals surface area contributed by atoms with Gasteiger partial charge in [0.15, 0.2) is 0 Å². The molecule has 100 valence electrons. The fourth-order valence-electron chi connectivity index (χ4n) is 1.08. The van der Waals surface area contributed by atoms with E-state index in [0.29, 0.717) is 0 Å². The van der Waals surface area contributed by atoms with E-state index in [9.17, 15) is 23.3 Å². The maximum Gasteiger partial charge on any atom is 0.392 e. The Kier molecular flexibility index (Phi) is 4.23. The highest BCUT2D eigenvalue weighted by atomic mass is 19.4. The lowest BCUT2D eigenvalue weighted by Crippen LogP contribution is -2.14. The highest BCUT2D eigenvalue weighted by Crippen LogP contribution is 2.31. The molecule has 0 unspecified atom stereocenters. The van der Waals surface area contributed by atoms with Gasteiger partial charge in [-0.05, 0) is 0 Å². The molecule has 1 N–H and O–H groups in total. The van der Waals surface area contributed by atoms with Crippen LogP contribution in [0.4, 0.5) is 24.7 Å². The third-order valence-electron chi connectivity index (χ3n) is 1.83. The van der Waals surface area contributed by atoms with E-state index < -0.39 is 35.7 Å². The molecule has 1 aromatic heterocycles. The molecule has 0 aliphatic carbocycles. The van der Waals surface area contributed by atoms with Crippen LogP contribution in [0.2, 0.25) is 0 Å². The van der Waals surface area contributed by atoms with Crippen LogP contribution in [-0.2, 0) is 0 Å². The van der Waals surface area contributed by atoms with Gasteiger partial charge in [-0.15, -0.1) is 0 Å². The number of anilines is 1. The zero-order valence-electron chi connectivity index (χ0n) is 9.19. The van der Waals surface area contributed by atoms with Crippen molar-refractivity contribution in [3.05, 3.63) is 16.4 Å². The maximum absolute atomic E-state index is 11.9. The van der Waals surface area contributed by atoms with Crippen molar-refractivity contribution in [3.8, 4) is 5.88 Å². The molecule has 0 atom stereocenters. The van der Waals surface area contributed by atoms with Crippen molar-refractivity contribution >= 4 is 11.5 Å². The van der Waals surface area contributed by atoms with Gasteiger partial charge in [0.05, 0.1) is 18.0 Å². The number of nitro groups is 1. The van der Waals surface area contributed by atoms with Gasteiger partial charge in [0.2, 0.25) is 5.82 Å². The Balaban J connectivity index is 2.85. The lowest BCUT2D eigenvalue weighted by Gasteiger charge is -2.09. The summed E-state index contributed by atoms with van der Waals surface area (Å²) in [5, 5.41) is 13.2. The average Bonchev–Trinajstić information content (AvgIpc) is 2.26. The Bertz CT molecular complexity index is 438. The molecule has 18 heavy (non-hydrogen) atoms. The Morgan fingerprint density at radius 1 is 1.50 bits per heavy atom. The van der Waals surface area contributed by atoms with Crippen molar-refractivity contribution in [3.63, 3.8) is 0 Å². The van der Waals surface area contributed by atoms with Gasteiger partial charge in [0.1, 0.15) is 6.33 Å². The van der Waals surface area contributed by atoms with Crippen molar-refractivity contribution < 1.29 is 22.8 Å². The number of nitrogens with one attached hydrogen (secondary N) is 1.